The highest BCUT2D eigenvalue weighted by Gasteiger charge is 2.24. The summed E-state index contributed by atoms with van der Waals surface area (Å²) in [6.07, 6.45) is 7.73. The predicted molar refractivity (Wildman–Crippen MR) is 112 cm³/mol. The summed E-state index contributed by atoms with van der Waals surface area (Å²) in [5, 5.41) is 11.8. The molecule has 1 heterocycles. The molecule has 0 saturated heterocycles. The number of nitrogens with one attached hydrogen (secondary N) is 2. The first-order valence-corrected chi connectivity index (χ1v) is 10.9. The molecule has 2 unspecified atom stereocenters. The van der Waals surface area contributed by atoms with Gasteiger partial charge in [0.1, 0.15) is 0 Å². The molecule has 2 N–H and O–H groups in total. The van der Waals surface area contributed by atoms with Crippen LogP contribution in [0.25, 0.3) is 11.5 Å². The van der Waals surface area contributed by atoms with Crippen LogP contribution in [0, 0.1) is 0 Å². The van der Waals surface area contributed by atoms with E-state index in [0.717, 1.165) is 41.0 Å². The first kappa shape index (κ1) is 19.7. The Balaban J connectivity index is 1.57. The van der Waals surface area contributed by atoms with E-state index in [9.17, 15) is 0 Å². The van der Waals surface area contributed by atoms with Crippen molar-refractivity contribution in [3.05, 3.63) is 35.7 Å². The first-order chi connectivity index (χ1) is 13.2. The number of aromatic nitrogens is 2. The number of hydrogen-bond donors (Lipinski definition) is 2. The number of hydrogen-bond acceptors (Lipinski definition) is 5. The van der Waals surface area contributed by atoms with Crippen LogP contribution < -0.4 is 10.6 Å². The van der Waals surface area contributed by atoms with E-state index in [1.807, 2.05) is 30.9 Å². The van der Waals surface area contributed by atoms with Crippen LogP contribution in [-0.2, 0) is 13.0 Å². The zero-order valence-electron chi connectivity index (χ0n) is 16.4. The zero-order chi connectivity index (χ0) is 19.1. The standard InChI is InChI=1S/C20H29N5OS/c1-4-6-18-24-19(26-25-18)15-8-5-7-14(11-15)13-22-20(21-2)23-16-9-10-17(12-16)27-3/h5,7-8,11,16-17H,4,6,9-10,12-13H2,1-3H3,(H2,21,22,23). The second-order valence-electron chi connectivity index (χ2n) is 6.90. The summed E-state index contributed by atoms with van der Waals surface area (Å²) < 4.78 is 5.39. The van der Waals surface area contributed by atoms with Gasteiger partial charge in [0.2, 0.25) is 0 Å². The maximum atomic E-state index is 5.39. The average molecular weight is 388 g/mol. The topological polar surface area (TPSA) is 75.3 Å². The molecule has 2 atom stereocenters. The lowest BCUT2D eigenvalue weighted by atomic mass is 10.1. The SMILES string of the molecule is CCCc1noc(-c2cccc(CNC(=NC)NC3CCC(SC)C3)c2)n1. The van der Waals surface area contributed by atoms with Crippen LogP contribution in [0.3, 0.4) is 0 Å². The fourth-order valence-electron chi connectivity index (χ4n) is 3.37. The molecule has 146 valence electrons. The summed E-state index contributed by atoms with van der Waals surface area (Å²) >= 11 is 1.97. The number of benzene rings is 1. The van der Waals surface area contributed by atoms with Crippen molar-refractivity contribution in [3.8, 4) is 11.5 Å². The van der Waals surface area contributed by atoms with Crippen molar-refractivity contribution < 1.29 is 4.52 Å². The number of guanidine groups is 1. The fraction of sp³-hybridized carbons (Fsp3) is 0.550. The van der Waals surface area contributed by atoms with E-state index in [1.165, 1.54) is 19.3 Å². The molecule has 7 heteroatoms. The number of thioether (sulfide) groups is 1. The summed E-state index contributed by atoms with van der Waals surface area (Å²) in [4.78, 5) is 8.84. The molecule has 27 heavy (non-hydrogen) atoms. The van der Waals surface area contributed by atoms with Gasteiger partial charge in [0.05, 0.1) is 0 Å². The second-order valence-corrected chi connectivity index (χ2v) is 8.04. The minimum Gasteiger partial charge on any atom is -0.354 e. The lowest BCUT2D eigenvalue weighted by molar-refractivity contribution is 0.422. The Hall–Kier alpha value is -2.02. The van der Waals surface area contributed by atoms with Crippen molar-refractivity contribution in [2.24, 2.45) is 4.99 Å². The van der Waals surface area contributed by atoms with E-state index >= 15 is 0 Å². The van der Waals surface area contributed by atoms with Crippen LogP contribution in [-0.4, -0.2) is 40.7 Å². The normalized spacial score (nSPS) is 20.0. The van der Waals surface area contributed by atoms with E-state index in [2.05, 4.69) is 51.1 Å². The molecule has 1 aromatic carbocycles. The molecular weight excluding hydrogens is 358 g/mol. The average Bonchev–Trinajstić information content (AvgIpc) is 3.35. The Morgan fingerprint density at radius 3 is 3.00 bits per heavy atom. The number of rotatable bonds is 7. The van der Waals surface area contributed by atoms with Crippen molar-refractivity contribution >= 4 is 17.7 Å². The Labute approximate surface area is 165 Å². The third kappa shape index (κ3) is 5.48. The largest absolute Gasteiger partial charge is 0.354 e. The number of nitrogens with zero attached hydrogens (tertiary/aromatic N) is 3. The van der Waals surface area contributed by atoms with Gasteiger partial charge in [-0.05, 0) is 49.6 Å². The van der Waals surface area contributed by atoms with Gasteiger partial charge in [-0.25, -0.2) is 0 Å². The monoisotopic (exact) mass is 387 g/mol. The third-order valence-corrected chi connectivity index (χ3v) is 5.95. The minimum absolute atomic E-state index is 0.510. The van der Waals surface area contributed by atoms with Gasteiger partial charge in [-0.1, -0.05) is 24.2 Å². The predicted octanol–water partition coefficient (Wildman–Crippen LogP) is 3.64. The summed E-state index contributed by atoms with van der Waals surface area (Å²) in [5.41, 5.74) is 2.10. The summed E-state index contributed by atoms with van der Waals surface area (Å²) in [6.45, 7) is 2.80. The molecule has 6 nitrogen and oxygen atoms in total. The highest BCUT2D eigenvalue weighted by Crippen LogP contribution is 2.28. The van der Waals surface area contributed by atoms with Crippen molar-refractivity contribution in [2.45, 2.75) is 56.9 Å². The molecule has 1 aromatic heterocycles. The maximum absolute atomic E-state index is 5.39. The van der Waals surface area contributed by atoms with Crippen molar-refractivity contribution in [1.82, 2.24) is 20.8 Å². The summed E-state index contributed by atoms with van der Waals surface area (Å²) in [5.74, 6) is 2.20. The van der Waals surface area contributed by atoms with Crippen LogP contribution in [0.2, 0.25) is 0 Å². The van der Waals surface area contributed by atoms with Crippen molar-refractivity contribution in [2.75, 3.05) is 13.3 Å². The Morgan fingerprint density at radius 2 is 2.26 bits per heavy atom. The first-order valence-electron chi connectivity index (χ1n) is 9.63. The van der Waals surface area contributed by atoms with Gasteiger partial charge in [-0.3, -0.25) is 4.99 Å². The van der Waals surface area contributed by atoms with Crippen LogP contribution >= 0.6 is 11.8 Å². The Bertz CT molecular complexity index is 760. The van der Waals surface area contributed by atoms with Gasteiger partial charge in [-0.2, -0.15) is 16.7 Å². The molecule has 1 aliphatic rings. The van der Waals surface area contributed by atoms with Crippen molar-refractivity contribution in [1.29, 1.82) is 0 Å². The maximum Gasteiger partial charge on any atom is 0.257 e. The minimum atomic E-state index is 0.510. The number of aryl methyl sites for hydroxylation is 1. The molecule has 1 saturated carbocycles. The van der Waals surface area contributed by atoms with E-state index < -0.39 is 0 Å². The van der Waals surface area contributed by atoms with Crippen molar-refractivity contribution in [3.63, 3.8) is 0 Å². The highest BCUT2D eigenvalue weighted by molar-refractivity contribution is 7.99. The molecule has 0 aliphatic heterocycles. The Kier molecular flexibility index (Phi) is 7.15. The van der Waals surface area contributed by atoms with E-state index in [1.54, 1.807) is 0 Å². The van der Waals surface area contributed by atoms with Gasteiger partial charge < -0.3 is 15.2 Å². The quantitative estimate of drug-likeness (QED) is 0.558. The van der Waals surface area contributed by atoms with Gasteiger partial charge in [-0.15, -0.1) is 0 Å². The smallest absolute Gasteiger partial charge is 0.257 e. The van der Waals surface area contributed by atoms with E-state index in [0.29, 0.717) is 18.5 Å². The molecule has 1 fully saturated rings. The van der Waals surface area contributed by atoms with Gasteiger partial charge in [0.25, 0.3) is 5.89 Å². The van der Waals surface area contributed by atoms with Gasteiger partial charge in [0.15, 0.2) is 11.8 Å². The summed E-state index contributed by atoms with van der Waals surface area (Å²) in [6, 6.07) is 8.71. The third-order valence-electron chi connectivity index (χ3n) is 4.86. The van der Waals surface area contributed by atoms with Crippen LogP contribution in [0.5, 0.6) is 0 Å². The van der Waals surface area contributed by atoms with E-state index in [4.69, 9.17) is 4.52 Å². The van der Waals surface area contributed by atoms with E-state index in [-0.39, 0.29) is 0 Å². The lowest BCUT2D eigenvalue weighted by Gasteiger charge is -2.17. The lowest BCUT2D eigenvalue weighted by Crippen LogP contribution is -2.42. The molecule has 0 amide bonds. The van der Waals surface area contributed by atoms with Crippen LogP contribution in [0.15, 0.2) is 33.8 Å². The number of aliphatic imine (C=N–C) groups is 1. The molecule has 0 spiro atoms. The molecule has 3 rings (SSSR count). The molecule has 1 aliphatic carbocycles. The molecular formula is C20H29N5OS. The molecule has 2 aromatic rings. The van der Waals surface area contributed by atoms with Crippen LogP contribution in [0.1, 0.15) is 44.0 Å². The molecule has 0 bridgehead atoms. The van der Waals surface area contributed by atoms with Crippen LogP contribution in [0.4, 0.5) is 0 Å². The zero-order valence-corrected chi connectivity index (χ0v) is 17.2. The molecule has 0 radical (unpaired) electrons. The van der Waals surface area contributed by atoms with Gasteiger partial charge >= 0.3 is 0 Å². The second kappa shape index (κ2) is 9.78. The Morgan fingerprint density at radius 1 is 1.37 bits per heavy atom. The fourth-order valence-corrected chi connectivity index (χ4v) is 4.17. The summed E-state index contributed by atoms with van der Waals surface area (Å²) in [7, 11) is 1.82. The highest BCUT2D eigenvalue weighted by atomic mass is 32.2. The van der Waals surface area contributed by atoms with Gasteiger partial charge in [0, 0.05) is 36.9 Å².